The van der Waals surface area contributed by atoms with Crippen molar-refractivity contribution in [3.63, 3.8) is 0 Å². The molecule has 0 aliphatic rings. The molecule has 7 nitrogen and oxygen atoms in total. The first-order chi connectivity index (χ1) is 15.9. The van der Waals surface area contributed by atoms with Crippen molar-refractivity contribution in [2.45, 2.75) is 20.3 Å². The molecule has 0 radical (unpaired) electrons. The van der Waals surface area contributed by atoms with Gasteiger partial charge in [-0.25, -0.2) is 0 Å². The maximum absolute atomic E-state index is 12.4. The van der Waals surface area contributed by atoms with Crippen molar-refractivity contribution in [2.75, 3.05) is 11.9 Å². The number of ether oxygens (including phenoxy) is 1. The second-order valence-electron chi connectivity index (χ2n) is 7.30. The molecule has 0 saturated heterocycles. The average Bonchev–Trinajstić information content (AvgIpc) is 2.82. The number of benzene rings is 3. The van der Waals surface area contributed by atoms with Crippen LogP contribution in [0.5, 0.6) is 5.75 Å². The number of amides is 3. The zero-order chi connectivity index (χ0) is 23.8. The predicted octanol–water partition coefficient (Wildman–Crippen LogP) is 4.87. The molecule has 0 saturated carbocycles. The summed E-state index contributed by atoms with van der Waals surface area (Å²) in [5.41, 5.74) is 7.56. The molecule has 0 aliphatic carbocycles. The molecule has 0 unspecified atom stereocenters. The minimum atomic E-state index is -0.484. The van der Waals surface area contributed by atoms with Crippen LogP contribution in [-0.4, -0.2) is 24.3 Å². The maximum Gasteiger partial charge on any atom is 0.269 e. The van der Waals surface area contributed by atoms with Gasteiger partial charge in [-0.3, -0.25) is 25.2 Å². The molecule has 3 aromatic rings. The quantitative estimate of drug-likeness (QED) is 0.395. The zero-order valence-corrected chi connectivity index (χ0v) is 19.9. The fourth-order valence-electron chi connectivity index (χ4n) is 2.92. The predicted molar refractivity (Wildman–Crippen MR) is 130 cm³/mol. The van der Waals surface area contributed by atoms with E-state index in [0.29, 0.717) is 39.2 Å². The molecule has 0 spiro atoms. The largest absolute Gasteiger partial charge is 0.492 e. The van der Waals surface area contributed by atoms with Gasteiger partial charge in [0.2, 0.25) is 0 Å². The molecular formula is C25H24BrN3O4. The molecule has 33 heavy (non-hydrogen) atoms. The van der Waals surface area contributed by atoms with Gasteiger partial charge in [0.05, 0.1) is 11.1 Å². The van der Waals surface area contributed by atoms with Crippen molar-refractivity contribution in [1.29, 1.82) is 0 Å². The van der Waals surface area contributed by atoms with E-state index < -0.39 is 11.8 Å². The lowest BCUT2D eigenvalue weighted by Gasteiger charge is -2.11. The number of rotatable bonds is 7. The van der Waals surface area contributed by atoms with E-state index in [1.807, 2.05) is 26.0 Å². The fourth-order valence-corrected chi connectivity index (χ4v) is 3.42. The molecule has 3 amide bonds. The first-order valence-corrected chi connectivity index (χ1v) is 11.2. The van der Waals surface area contributed by atoms with Crippen LogP contribution in [0.25, 0.3) is 0 Å². The highest BCUT2D eigenvalue weighted by molar-refractivity contribution is 9.10. The molecule has 3 aromatic carbocycles. The van der Waals surface area contributed by atoms with E-state index in [0.717, 1.165) is 12.0 Å². The number of carbonyl (C=O) groups excluding carboxylic acids is 3. The zero-order valence-electron chi connectivity index (χ0n) is 18.3. The Hall–Kier alpha value is -3.65. The molecule has 3 N–H and O–H groups in total. The Bertz CT molecular complexity index is 1160. The van der Waals surface area contributed by atoms with E-state index in [-0.39, 0.29) is 5.91 Å². The minimum absolute atomic E-state index is 0.236. The van der Waals surface area contributed by atoms with Gasteiger partial charge in [0, 0.05) is 22.4 Å². The lowest BCUT2D eigenvalue weighted by Crippen LogP contribution is -2.41. The topological polar surface area (TPSA) is 96.5 Å². The number of aryl methyl sites for hydroxylation is 1. The molecule has 0 fully saturated rings. The number of halogens is 1. The standard InChI is InChI=1S/C25H24BrN3O4/c1-3-13-33-22-12-9-19(15-21(22)26)25(32)29-28-24(31)17-7-10-20(11-8-17)27-23(30)18-6-4-5-16(2)14-18/h4-12,14-15H,3,13H2,1-2H3,(H,27,30)(H,28,31)(H,29,32). The molecule has 8 heteroatoms. The summed E-state index contributed by atoms with van der Waals surface area (Å²) in [6, 6.07) is 18.6. The summed E-state index contributed by atoms with van der Waals surface area (Å²) >= 11 is 3.38. The van der Waals surface area contributed by atoms with Gasteiger partial charge >= 0.3 is 0 Å². The maximum atomic E-state index is 12.4. The van der Waals surface area contributed by atoms with E-state index in [2.05, 4.69) is 32.1 Å². The number of carbonyl (C=O) groups is 3. The molecular weight excluding hydrogens is 486 g/mol. The Kier molecular flexibility index (Phi) is 8.21. The summed E-state index contributed by atoms with van der Waals surface area (Å²) in [6.45, 7) is 4.50. The van der Waals surface area contributed by atoms with E-state index in [1.54, 1.807) is 54.6 Å². The van der Waals surface area contributed by atoms with Crippen LogP contribution in [0.1, 0.15) is 50.0 Å². The molecule has 0 aromatic heterocycles. The van der Waals surface area contributed by atoms with E-state index in [9.17, 15) is 14.4 Å². The first-order valence-electron chi connectivity index (χ1n) is 10.4. The second kappa shape index (κ2) is 11.3. The summed E-state index contributed by atoms with van der Waals surface area (Å²) in [6.07, 6.45) is 0.876. The van der Waals surface area contributed by atoms with Gasteiger partial charge in [0.15, 0.2) is 0 Å². The summed E-state index contributed by atoms with van der Waals surface area (Å²) in [4.78, 5) is 37.1. The van der Waals surface area contributed by atoms with Crippen molar-refractivity contribution in [2.24, 2.45) is 0 Å². The number of hydrogen-bond donors (Lipinski definition) is 3. The normalized spacial score (nSPS) is 10.3. The van der Waals surface area contributed by atoms with Crippen LogP contribution in [0.2, 0.25) is 0 Å². The number of nitrogens with one attached hydrogen (secondary N) is 3. The van der Waals surface area contributed by atoms with Crippen LogP contribution < -0.4 is 20.9 Å². The van der Waals surface area contributed by atoms with Gasteiger partial charge < -0.3 is 10.1 Å². The third-order valence-electron chi connectivity index (χ3n) is 4.63. The molecule has 0 bridgehead atoms. The van der Waals surface area contributed by atoms with Crippen molar-refractivity contribution >= 4 is 39.3 Å². The highest BCUT2D eigenvalue weighted by atomic mass is 79.9. The smallest absolute Gasteiger partial charge is 0.269 e. The lowest BCUT2D eigenvalue weighted by atomic mass is 10.1. The van der Waals surface area contributed by atoms with E-state index in [1.165, 1.54) is 0 Å². The number of hydrazine groups is 1. The fraction of sp³-hybridized carbons (Fsp3) is 0.160. The van der Waals surface area contributed by atoms with Crippen LogP contribution in [0, 0.1) is 6.92 Å². The molecule has 0 atom stereocenters. The highest BCUT2D eigenvalue weighted by Crippen LogP contribution is 2.26. The first kappa shape index (κ1) is 24.0. The molecule has 170 valence electrons. The van der Waals surface area contributed by atoms with Gasteiger partial charge in [-0.2, -0.15) is 0 Å². The van der Waals surface area contributed by atoms with Gasteiger partial charge in [-0.1, -0.05) is 24.6 Å². The van der Waals surface area contributed by atoms with Crippen LogP contribution in [-0.2, 0) is 0 Å². The minimum Gasteiger partial charge on any atom is -0.492 e. The lowest BCUT2D eigenvalue weighted by molar-refractivity contribution is 0.0846. The van der Waals surface area contributed by atoms with Gasteiger partial charge in [-0.15, -0.1) is 0 Å². The van der Waals surface area contributed by atoms with Gasteiger partial charge in [0.25, 0.3) is 17.7 Å². The summed E-state index contributed by atoms with van der Waals surface area (Å²) in [5, 5.41) is 2.79. The van der Waals surface area contributed by atoms with Crippen LogP contribution in [0.3, 0.4) is 0 Å². The number of hydrogen-bond acceptors (Lipinski definition) is 4. The Morgan fingerprint density at radius 1 is 0.818 bits per heavy atom. The third-order valence-corrected chi connectivity index (χ3v) is 5.25. The Labute approximate surface area is 200 Å². The molecule has 0 aliphatic heterocycles. The summed E-state index contributed by atoms with van der Waals surface area (Å²) in [5.74, 6) is -0.539. The monoisotopic (exact) mass is 509 g/mol. The third kappa shape index (κ3) is 6.66. The Morgan fingerprint density at radius 2 is 1.45 bits per heavy atom. The van der Waals surface area contributed by atoms with Crippen LogP contribution in [0.4, 0.5) is 5.69 Å². The molecule has 3 rings (SSSR count). The SMILES string of the molecule is CCCOc1ccc(C(=O)NNC(=O)c2ccc(NC(=O)c3cccc(C)c3)cc2)cc1Br. The summed E-state index contributed by atoms with van der Waals surface area (Å²) < 4.78 is 6.22. The van der Waals surface area contributed by atoms with Crippen LogP contribution >= 0.6 is 15.9 Å². The van der Waals surface area contributed by atoms with Crippen molar-refractivity contribution < 1.29 is 19.1 Å². The highest BCUT2D eigenvalue weighted by Gasteiger charge is 2.12. The van der Waals surface area contributed by atoms with Crippen LogP contribution in [0.15, 0.2) is 71.2 Å². The van der Waals surface area contributed by atoms with Crippen molar-refractivity contribution in [3.8, 4) is 5.75 Å². The van der Waals surface area contributed by atoms with Gasteiger partial charge in [-0.05, 0) is 83.9 Å². The molecule has 0 heterocycles. The van der Waals surface area contributed by atoms with Crippen molar-refractivity contribution in [1.82, 2.24) is 10.9 Å². The Morgan fingerprint density at radius 3 is 2.09 bits per heavy atom. The van der Waals surface area contributed by atoms with E-state index in [4.69, 9.17) is 4.74 Å². The van der Waals surface area contributed by atoms with Crippen molar-refractivity contribution in [3.05, 3.63) is 93.5 Å². The van der Waals surface area contributed by atoms with E-state index >= 15 is 0 Å². The Balaban J connectivity index is 1.54. The second-order valence-corrected chi connectivity index (χ2v) is 8.16. The number of anilines is 1. The summed E-state index contributed by atoms with van der Waals surface area (Å²) in [7, 11) is 0. The average molecular weight is 510 g/mol. The van der Waals surface area contributed by atoms with Gasteiger partial charge in [0.1, 0.15) is 5.75 Å².